The van der Waals surface area contributed by atoms with Gasteiger partial charge in [0.25, 0.3) is 0 Å². The molecule has 0 saturated carbocycles. The van der Waals surface area contributed by atoms with Gasteiger partial charge in [0, 0.05) is 31.8 Å². The van der Waals surface area contributed by atoms with Crippen LogP contribution in [0.4, 0.5) is 0 Å². The highest BCUT2D eigenvalue weighted by Gasteiger charge is 2.20. The van der Waals surface area contributed by atoms with E-state index in [4.69, 9.17) is 9.15 Å². The fourth-order valence-corrected chi connectivity index (χ4v) is 2.60. The number of hydrogen-bond acceptors (Lipinski definition) is 4. The molecular weight excluding hydrogens is 240 g/mol. The Kier molecular flexibility index (Phi) is 5.89. The summed E-state index contributed by atoms with van der Waals surface area (Å²) >= 11 is 0. The zero-order valence-electron chi connectivity index (χ0n) is 12.2. The number of piperidine rings is 1. The normalized spacial score (nSPS) is 18.0. The van der Waals surface area contributed by atoms with Crippen LogP contribution in [0.3, 0.4) is 0 Å². The highest BCUT2D eigenvalue weighted by molar-refractivity contribution is 5.16. The fourth-order valence-electron chi connectivity index (χ4n) is 2.60. The van der Waals surface area contributed by atoms with Crippen LogP contribution in [-0.2, 0) is 17.8 Å². The first-order valence-corrected chi connectivity index (χ1v) is 7.43. The Labute approximate surface area is 116 Å². The summed E-state index contributed by atoms with van der Waals surface area (Å²) in [6.45, 7) is 10.0. The smallest absolute Gasteiger partial charge is 0.122 e. The Morgan fingerprint density at radius 3 is 2.84 bits per heavy atom. The lowest BCUT2D eigenvalue weighted by atomic mass is 10.1. The number of likely N-dealkylation sites (tertiary alicyclic amines) is 1. The Morgan fingerprint density at radius 2 is 2.16 bits per heavy atom. The Balaban J connectivity index is 1.80. The Hall–Kier alpha value is -0.840. The van der Waals surface area contributed by atoms with Crippen LogP contribution in [0.1, 0.15) is 38.0 Å². The van der Waals surface area contributed by atoms with Crippen molar-refractivity contribution in [3.05, 3.63) is 23.7 Å². The van der Waals surface area contributed by atoms with Crippen molar-refractivity contribution in [2.45, 2.75) is 45.9 Å². The van der Waals surface area contributed by atoms with Gasteiger partial charge >= 0.3 is 0 Å². The van der Waals surface area contributed by atoms with Gasteiger partial charge in [-0.05, 0) is 32.4 Å². The Bertz CT molecular complexity index is 357. The molecule has 0 amide bonds. The minimum absolute atomic E-state index is 0.457. The molecule has 1 saturated heterocycles. The summed E-state index contributed by atoms with van der Waals surface area (Å²) in [5, 5.41) is 3.35. The summed E-state index contributed by atoms with van der Waals surface area (Å²) in [6.07, 6.45) is 4.53. The molecule has 0 radical (unpaired) electrons. The summed E-state index contributed by atoms with van der Waals surface area (Å²) in [5.74, 6) is 1.11. The lowest BCUT2D eigenvalue weighted by Crippen LogP contribution is -2.36. The van der Waals surface area contributed by atoms with Crippen LogP contribution in [0.25, 0.3) is 0 Å². The van der Waals surface area contributed by atoms with Crippen molar-refractivity contribution in [1.29, 1.82) is 0 Å². The fraction of sp³-hybridized carbons (Fsp3) is 0.733. The lowest BCUT2D eigenvalue weighted by Gasteiger charge is -2.31. The third kappa shape index (κ3) is 4.34. The Morgan fingerprint density at radius 1 is 1.37 bits per heavy atom. The number of hydrogen-bond donors (Lipinski definition) is 1. The maximum Gasteiger partial charge on any atom is 0.122 e. The van der Waals surface area contributed by atoms with Gasteiger partial charge in [0.05, 0.1) is 18.9 Å². The molecular formula is C15H26N2O2. The van der Waals surface area contributed by atoms with Crippen LogP contribution in [-0.4, -0.2) is 37.2 Å². The van der Waals surface area contributed by atoms with Gasteiger partial charge in [-0.15, -0.1) is 0 Å². The molecule has 108 valence electrons. The van der Waals surface area contributed by atoms with Crippen molar-refractivity contribution in [3.63, 3.8) is 0 Å². The van der Waals surface area contributed by atoms with Crippen LogP contribution >= 0.6 is 0 Å². The number of rotatable bonds is 7. The number of ether oxygens (including phenoxy) is 1. The molecule has 4 heteroatoms. The first-order valence-electron chi connectivity index (χ1n) is 7.43. The monoisotopic (exact) mass is 266 g/mol. The summed E-state index contributed by atoms with van der Waals surface area (Å²) in [4.78, 5) is 2.46. The quantitative estimate of drug-likeness (QED) is 0.822. The molecule has 1 aromatic heterocycles. The molecule has 1 aliphatic rings. The van der Waals surface area contributed by atoms with Crippen molar-refractivity contribution in [3.8, 4) is 0 Å². The number of nitrogens with one attached hydrogen (secondary N) is 1. The summed E-state index contributed by atoms with van der Waals surface area (Å²) < 4.78 is 11.3. The first kappa shape index (κ1) is 14.6. The second kappa shape index (κ2) is 7.68. The van der Waals surface area contributed by atoms with Crippen LogP contribution in [0.15, 0.2) is 16.7 Å². The van der Waals surface area contributed by atoms with Gasteiger partial charge in [-0.3, -0.25) is 4.90 Å². The van der Waals surface area contributed by atoms with Crippen molar-refractivity contribution < 1.29 is 9.15 Å². The van der Waals surface area contributed by atoms with Crippen molar-refractivity contribution in [1.82, 2.24) is 10.2 Å². The van der Waals surface area contributed by atoms with Crippen LogP contribution < -0.4 is 5.32 Å². The predicted octanol–water partition coefficient (Wildman–Crippen LogP) is 2.39. The molecule has 0 atom stereocenters. The van der Waals surface area contributed by atoms with Gasteiger partial charge in [-0.2, -0.15) is 0 Å². The maximum atomic E-state index is 5.68. The third-order valence-electron chi connectivity index (χ3n) is 3.71. The zero-order chi connectivity index (χ0) is 13.5. The highest BCUT2D eigenvalue weighted by atomic mass is 16.5. The van der Waals surface area contributed by atoms with Crippen molar-refractivity contribution >= 4 is 0 Å². The van der Waals surface area contributed by atoms with Gasteiger partial charge in [-0.25, -0.2) is 0 Å². The summed E-state index contributed by atoms with van der Waals surface area (Å²) in [7, 11) is 0. The minimum Gasteiger partial charge on any atom is -0.468 e. The van der Waals surface area contributed by atoms with E-state index in [9.17, 15) is 0 Å². The molecule has 1 fully saturated rings. The topological polar surface area (TPSA) is 37.6 Å². The van der Waals surface area contributed by atoms with Gasteiger partial charge in [0.2, 0.25) is 0 Å². The maximum absolute atomic E-state index is 5.68. The molecule has 0 aromatic carbocycles. The molecule has 1 aliphatic heterocycles. The van der Waals surface area contributed by atoms with E-state index in [1.165, 1.54) is 5.56 Å². The van der Waals surface area contributed by atoms with Crippen LogP contribution in [0.5, 0.6) is 0 Å². The molecule has 0 bridgehead atoms. The molecule has 0 spiro atoms. The molecule has 1 N–H and O–H groups in total. The number of nitrogens with zero attached hydrogens (tertiary/aromatic N) is 1. The molecule has 1 aromatic rings. The van der Waals surface area contributed by atoms with E-state index in [0.29, 0.717) is 6.10 Å². The second-order valence-electron chi connectivity index (χ2n) is 5.08. The standard InChI is InChI=1S/C15H26N2O2/c1-3-16-11-13-7-10-19-15(13)12-17-8-5-14(6-9-17)18-4-2/h7,10,14,16H,3-6,8-9,11-12H2,1-2H3. The second-order valence-corrected chi connectivity index (χ2v) is 5.08. The van der Waals surface area contributed by atoms with Gasteiger partial charge in [-0.1, -0.05) is 6.92 Å². The van der Waals surface area contributed by atoms with E-state index >= 15 is 0 Å². The van der Waals surface area contributed by atoms with Gasteiger partial charge in [0.1, 0.15) is 5.76 Å². The molecule has 4 nitrogen and oxygen atoms in total. The summed E-state index contributed by atoms with van der Waals surface area (Å²) in [6, 6.07) is 2.07. The SMILES string of the molecule is CCNCc1ccoc1CN1CCC(OCC)CC1. The third-order valence-corrected chi connectivity index (χ3v) is 3.71. The largest absolute Gasteiger partial charge is 0.468 e. The number of furan rings is 1. The van der Waals surface area contributed by atoms with E-state index < -0.39 is 0 Å². The first-order chi connectivity index (χ1) is 9.33. The molecule has 0 aliphatic carbocycles. The zero-order valence-corrected chi connectivity index (χ0v) is 12.2. The van der Waals surface area contributed by atoms with E-state index in [1.807, 2.05) is 0 Å². The lowest BCUT2D eigenvalue weighted by molar-refractivity contribution is 0.0111. The average molecular weight is 266 g/mol. The predicted molar refractivity (Wildman–Crippen MR) is 76.0 cm³/mol. The molecule has 2 rings (SSSR count). The van der Waals surface area contributed by atoms with Crippen molar-refractivity contribution in [2.24, 2.45) is 0 Å². The molecule has 19 heavy (non-hydrogen) atoms. The van der Waals surface area contributed by atoms with Crippen LogP contribution in [0, 0.1) is 0 Å². The highest BCUT2D eigenvalue weighted by Crippen LogP contribution is 2.18. The van der Waals surface area contributed by atoms with E-state index in [0.717, 1.165) is 57.9 Å². The van der Waals surface area contributed by atoms with Gasteiger partial charge < -0.3 is 14.5 Å². The van der Waals surface area contributed by atoms with Crippen LogP contribution in [0.2, 0.25) is 0 Å². The van der Waals surface area contributed by atoms with E-state index in [2.05, 4.69) is 30.1 Å². The average Bonchev–Trinajstić information content (AvgIpc) is 2.86. The molecule has 0 unspecified atom stereocenters. The van der Waals surface area contributed by atoms with Crippen molar-refractivity contribution in [2.75, 3.05) is 26.2 Å². The van der Waals surface area contributed by atoms with E-state index in [1.54, 1.807) is 6.26 Å². The minimum atomic E-state index is 0.457. The summed E-state index contributed by atoms with van der Waals surface area (Å²) in [5.41, 5.74) is 1.29. The van der Waals surface area contributed by atoms with Gasteiger partial charge in [0.15, 0.2) is 0 Å². The van der Waals surface area contributed by atoms with E-state index in [-0.39, 0.29) is 0 Å². The molecule has 2 heterocycles.